The monoisotopic (exact) mass is 275 g/mol. The van der Waals surface area contributed by atoms with E-state index < -0.39 is 0 Å². The Morgan fingerprint density at radius 2 is 2.26 bits per heavy atom. The van der Waals surface area contributed by atoms with E-state index in [1.54, 1.807) is 23.7 Å². The number of nitrogens with zero attached hydrogens (tertiary/aromatic N) is 2. The largest absolute Gasteiger partial charge is 0.354 e. The van der Waals surface area contributed by atoms with Gasteiger partial charge in [-0.25, -0.2) is 4.98 Å². The maximum absolute atomic E-state index is 11.8. The van der Waals surface area contributed by atoms with Gasteiger partial charge in [0.25, 0.3) is 0 Å². The Kier molecular flexibility index (Phi) is 4.27. The van der Waals surface area contributed by atoms with Crippen molar-refractivity contribution in [2.24, 2.45) is 0 Å². The van der Waals surface area contributed by atoms with Gasteiger partial charge in [-0.2, -0.15) is 0 Å². The van der Waals surface area contributed by atoms with Crippen molar-refractivity contribution >= 4 is 17.2 Å². The number of amides is 1. The minimum absolute atomic E-state index is 0.0412. The highest BCUT2D eigenvalue weighted by Crippen LogP contribution is 2.27. The van der Waals surface area contributed by atoms with Crippen molar-refractivity contribution in [2.75, 3.05) is 0 Å². The van der Waals surface area contributed by atoms with Crippen molar-refractivity contribution in [1.82, 2.24) is 15.3 Å². The molecule has 100 valence electrons. The third kappa shape index (κ3) is 3.61. The zero-order valence-electron chi connectivity index (χ0n) is 11.3. The molecule has 1 N–H and O–H groups in total. The van der Waals surface area contributed by atoms with Gasteiger partial charge in [0.1, 0.15) is 5.01 Å². The van der Waals surface area contributed by atoms with Crippen molar-refractivity contribution in [3.63, 3.8) is 0 Å². The molecular formula is C14H17N3OS. The second-order valence-electron chi connectivity index (χ2n) is 4.67. The lowest BCUT2D eigenvalue weighted by Gasteiger charge is -2.06. The number of pyridine rings is 1. The molecule has 1 amide bonds. The predicted octanol–water partition coefficient (Wildman–Crippen LogP) is 2.58. The van der Waals surface area contributed by atoms with Gasteiger partial charge in [0.15, 0.2) is 0 Å². The zero-order chi connectivity index (χ0) is 13.8. The molecule has 0 aliphatic heterocycles. The zero-order valence-corrected chi connectivity index (χ0v) is 12.1. The van der Waals surface area contributed by atoms with E-state index in [2.05, 4.69) is 15.3 Å². The first kappa shape index (κ1) is 13.7. The number of hydrogen-bond donors (Lipinski definition) is 1. The maximum Gasteiger partial charge on any atom is 0.225 e. The quantitative estimate of drug-likeness (QED) is 0.933. The predicted molar refractivity (Wildman–Crippen MR) is 77.1 cm³/mol. The van der Waals surface area contributed by atoms with Crippen LogP contribution in [0.5, 0.6) is 0 Å². The van der Waals surface area contributed by atoms with Crippen LogP contribution in [0.4, 0.5) is 0 Å². The highest BCUT2D eigenvalue weighted by Gasteiger charge is 2.13. The molecule has 4 nitrogen and oxygen atoms in total. The lowest BCUT2D eigenvalue weighted by Crippen LogP contribution is -2.31. The van der Waals surface area contributed by atoms with E-state index in [4.69, 9.17) is 0 Å². The molecule has 0 fully saturated rings. The number of carbonyl (C=O) groups is 1. The van der Waals surface area contributed by atoms with Gasteiger partial charge in [-0.05, 0) is 32.9 Å². The lowest BCUT2D eigenvalue weighted by molar-refractivity contribution is -0.120. The molecule has 5 heteroatoms. The van der Waals surface area contributed by atoms with Gasteiger partial charge in [-0.3, -0.25) is 9.78 Å². The molecule has 0 saturated carbocycles. The highest BCUT2D eigenvalue weighted by atomic mass is 32.1. The molecule has 19 heavy (non-hydrogen) atoms. The summed E-state index contributed by atoms with van der Waals surface area (Å²) < 4.78 is 0. The van der Waals surface area contributed by atoms with Gasteiger partial charge >= 0.3 is 0 Å². The molecule has 2 rings (SSSR count). The maximum atomic E-state index is 11.8. The Balaban J connectivity index is 2.16. The number of nitrogens with one attached hydrogen (secondary N) is 1. The first-order chi connectivity index (χ1) is 9.06. The summed E-state index contributed by atoms with van der Waals surface area (Å²) in [4.78, 5) is 21.4. The molecule has 0 aromatic carbocycles. The van der Waals surface area contributed by atoms with Gasteiger partial charge in [0.2, 0.25) is 5.91 Å². The number of aromatic nitrogens is 2. The van der Waals surface area contributed by atoms with E-state index in [0.717, 1.165) is 21.1 Å². The van der Waals surface area contributed by atoms with Crippen molar-refractivity contribution in [3.8, 4) is 10.6 Å². The first-order valence-electron chi connectivity index (χ1n) is 6.22. The average Bonchev–Trinajstić information content (AvgIpc) is 2.71. The van der Waals surface area contributed by atoms with Crippen LogP contribution in [-0.2, 0) is 11.2 Å². The van der Waals surface area contributed by atoms with Crippen molar-refractivity contribution in [2.45, 2.75) is 33.2 Å². The van der Waals surface area contributed by atoms with Crippen LogP contribution < -0.4 is 5.32 Å². The van der Waals surface area contributed by atoms with E-state index in [-0.39, 0.29) is 11.9 Å². The number of thiazole rings is 1. The summed E-state index contributed by atoms with van der Waals surface area (Å²) >= 11 is 1.56. The smallest absolute Gasteiger partial charge is 0.225 e. The number of aryl methyl sites for hydroxylation is 1. The number of rotatable bonds is 4. The van der Waals surface area contributed by atoms with E-state index in [1.165, 1.54) is 0 Å². The van der Waals surface area contributed by atoms with Gasteiger partial charge < -0.3 is 5.32 Å². The van der Waals surface area contributed by atoms with Crippen LogP contribution in [0.2, 0.25) is 0 Å². The van der Waals surface area contributed by atoms with Crippen molar-refractivity contribution < 1.29 is 4.79 Å². The molecule has 0 unspecified atom stereocenters. The molecule has 0 aliphatic rings. The molecule has 0 bridgehead atoms. The van der Waals surface area contributed by atoms with E-state index in [0.29, 0.717) is 6.42 Å². The molecular weight excluding hydrogens is 258 g/mol. The molecule has 2 heterocycles. The topological polar surface area (TPSA) is 54.9 Å². The molecule has 0 atom stereocenters. The first-order valence-corrected chi connectivity index (χ1v) is 7.04. The fourth-order valence-corrected chi connectivity index (χ4v) is 2.77. The number of carbonyl (C=O) groups excluding carboxylic acids is 1. The fourth-order valence-electron chi connectivity index (χ4n) is 1.72. The molecule has 2 aromatic rings. The summed E-state index contributed by atoms with van der Waals surface area (Å²) in [6.07, 6.45) is 3.92. The van der Waals surface area contributed by atoms with Gasteiger partial charge in [0, 0.05) is 28.9 Å². The Morgan fingerprint density at radius 3 is 2.89 bits per heavy atom. The summed E-state index contributed by atoms with van der Waals surface area (Å²) in [5.74, 6) is 0.0412. The van der Waals surface area contributed by atoms with E-state index >= 15 is 0 Å². The number of hydrogen-bond acceptors (Lipinski definition) is 4. The van der Waals surface area contributed by atoms with Crippen LogP contribution >= 0.6 is 11.3 Å². The third-order valence-corrected chi connectivity index (χ3v) is 3.78. The van der Waals surface area contributed by atoms with Gasteiger partial charge in [0.05, 0.1) is 12.1 Å². The summed E-state index contributed by atoms with van der Waals surface area (Å²) in [6, 6.07) is 4.03. The molecule has 0 aliphatic carbocycles. The highest BCUT2D eigenvalue weighted by molar-refractivity contribution is 7.15. The molecule has 0 saturated heterocycles. The molecule has 0 spiro atoms. The summed E-state index contributed by atoms with van der Waals surface area (Å²) in [7, 11) is 0. The minimum Gasteiger partial charge on any atom is -0.354 e. The van der Waals surface area contributed by atoms with Crippen LogP contribution in [0.25, 0.3) is 10.6 Å². The molecule has 0 radical (unpaired) electrons. The minimum atomic E-state index is 0.0412. The van der Waals surface area contributed by atoms with E-state index in [1.807, 2.05) is 32.9 Å². The van der Waals surface area contributed by atoms with Gasteiger partial charge in [-0.15, -0.1) is 11.3 Å². The van der Waals surface area contributed by atoms with E-state index in [9.17, 15) is 4.79 Å². The summed E-state index contributed by atoms with van der Waals surface area (Å²) in [5.41, 5.74) is 1.91. The standard InChI is InChI=1S/C14H17N3OS/c1-9(2)16-13(18)7-12-10(3)17-14(19-12)11-5-4-6-15-8-11/h4-6,8-9H,7H2,1-3H3,(H,16,18). The Morgan fingerprint density at radius 1 is 1.47 bits per heavy atom. The van der Waals surface area contributed by atoms with Crippen LogP contribution in [0.1, 0.15) is 24.4 Å². The Bertz CT molecular complexity index is 563. The van der Waals surface area contributed by atoms with Crippen LogP contribution in [0.15, 0.2) is 24.5 Å². The summed E-state index contributed by atoms with van der Waals surface area (Å²) in [6.45, 7) is 5.85. The van der Waals surface area contributed by atoms with Crippen molar-refractivity contribution in [3.05, 3.63) is 35.1 Å². The normalized spacial score (nSPS) is 10.7. The van der Waals surface area contributed by atoms with Crippen LogP contribution in [-0.4, -0.2) is 21.9 Å². The fraction of sp³-hybridized carbons (Fsp3) is 0.357. The Labute approximate surface area is 116 Å². The van der Waals surface area contributed by atoms with Crippen molar-refractivity contribution in [1.29, 1.82) is 0 Å². The summed E-state index contributed by atoms with van der Waals surface area (Å²) in [5, 5.41) is 3.81. The van der Waals surface area contributed by atoms with Gasteiger partial charge in [-0.1, -0.05) is 0 Å². The average molecular weight is 275 g/mol. The Hall–Kier alpha value is -1.75. The SMILES string of the molecule is Cc1nc(-c2cccnc2)sc1CC(=O)NC(C)C. The molecule has 2 aromatic heterocycles. The van der Waals surface area contributed by atoms with Crippen LogP contribution in [0.3, 0.4) is 0 Å². The van der Waals surface area contributed by atoms with Crippen LogP contribution in [0, 0.1) is 6.92 Å². The third-order valence-electron chi connectivity index (χ3n) is 2.57. The second-order valence-corrected chi connectivity index (χ2v) is 5.75. The lowest BCUT2D eigenvalue weighted by atomic mass is 10.2. The second kappa shape index (κ2) is 5.93.